The van der Waals surface area contributed by atoms with E-state index in [9.17, 15) is 4.79 Å². The van der Waals surface area contributed by atoms with Crippen LogP contribution in [0.3, 0.4) is 0 Å². The first-order valence-corrected chi connectivity index (χ1v) is 6.71. The van der Waals surface area contributed by atoms with Crippen LogP contribution in [-0.4, -0.2) is 41.5 Å². The number of ether oxygens (including phenoxy) is 1. The van der Waals surface area contributed by atoms with Crippen LogP contribution in [0.15, 0.2) is 5.16 Å². The Balaban J connectivity index is 1.97. The van der Waals surface area contributed by atoms with Crippen LogP contribution < -0.4 is 0 Å². The molecular formula is C13H20N2O3. The molecule has 2 fully saturated rings. The van der Waals surface area contributed by atoms with Crippen LogP contribution >= 0.6 is 0 Å². The summed E-state index contributed by atoms with van der Waals surface area (Å²) >= 11 is 0. The van der Waals surface area contributed by atoms with Gasteiger partial charge in [0.05, 0.1) is 23.3 Å². The summed E-state index contributed by atoms with van der Waals surface area (Å²) in [6.45, 7) is 7.28. The quantitative estimate of drug-likeness (QED) is 0.718. The van der Waals surface area contributed by atoms with Crippen LogP contribution in [0.2, 0.25) is 0 Å². The minimum atomic E-state index is -0.225. The molecule has 1 aliphatic carbocycles. The molecular weight excluding hydrogens is 232 g/mol. The second-order valence-corrected chi connectivity index (χ2v) is 5.75. The Hall–Kier alpha value is -1.26. The van der Waals surface area contributed by atoms with Crippen molar-refractivity contribution >= 4 is 11.8 Å². The summed E-state index contributed by atoms with van der Waals surface area (Å²) < 4.78 is 5.20. The Morgan fingerprint density at radius 2 is 2.39 bits per heavy atom. The minimum absolute atomic E-state index is 0.116. The molecule has 100 valence electrons. The van der Waals surface area contributed by atoms with Gasteiger partial charge in [-0.3, -0.25) is 0 Å². The van der Waals surface area contributed by atoms with E-state index in [-0.39, 0.29) is 23.2 Å². The lowest BCUT2D eigenvalue weighted by Gasteiger charge is -2.52. The minimum Gasteiger partial charge on any atom is -0.450 e. The molecule has 1 saturated carbocycles. The number of rotatable bonds is 1. The van der Waals surface area contributed by atoms with Crippen molar-refractivity contribution in [1.29, 1.82) is 0 Å². The van der Waals surface area contributed by atoms with Crippen molar-refractivity contribution in [1.82, 2.24) is 4.90 Å². The van der Waals surface area contributed by atoms with Crippen molar-refractivity contribution in [2.45, 2.75) is 51.7 Å². The van der Waals surface area contributed by atoms with Gasteiger partial charge in [0.15, 0.2) is 0 Å². The fourth-order valence-corrected chi connectivity index (χ4v) is 3.84. The largest absolute Gasteiger partial charge is 0.450 e. The number of amides is 1. The van der Waals surface area contributed by atoms with Gasteiger partial charge in [-0.15, -0.1) is 0 Å². The first-order chi connectivity index (χ1) is 8.54. The molecule has 1 amide bonds. The Morgan fingerprint density at radius 1 is 1.61 bits per heavy atom. The van der Waals surface area contributed by atoms with Gasteiger partial charge in [0.1, 0.15) is 6.10 Å². The van der Waals surface area contributed by atoms with Gasteiger partial charge in [0, 0.05) is 13.0 Å². The fraction of sp³-hybridized carbons (Fsp3) is 0.846. The number of carbonyl (C=O) groups excluding carboxylic acids is 1. The SMILES string of the molecule is CCOC(=O)N1CCC2ON=C3CC[C@]1(C)[C@]32C. The molecule has 3 rings (SSSR count). The molecule has 5 nitrogen and oxygen atoms in total. The van der Waals surface area contributed by atoms with E-state index < -0.39 is 0 Å². The number of piperidine rings is 1. The molecule has 2 heterocycles. The van der Waals surface area contributed by atoms with E-state index in [0.29, 0.717) is 13.2 Å². The highest BCUT2D eigenvalue weighted by atomic mass is 16.6. The van der Waals surface area contributed by atoms with Crippen molar-refractivity contribution in [3.05, 3.63) is 0 Å². The van der Waals surface area contributed by atoms with Crippen LogP contribution in [0.5, 0.6) is 0 Å². The van der Waals surface area contributed by atoms with Crippen LogP contribution in [0.4, 0.5) is 4.79 Å². The van der Waals surface area contributed by atoms with Crippen molar-refractivity contribution in [2.75, 3.05) is 13.2 Å². The average Bonchev–Trinajstić information content (AvgIpc) is 2.80. The summed E-state index contributed by atoms with van der Waals surface area (Å²) in [5, 5.41) is 4.23. The maximum atomic E-state index is 12.1. The molecule has 0 bridgehead atoms. The number of carbonyl (C=O) groups is 1. The molecule has 0 aromatic rings. The molecule has 1 saturated heterocycles. The standard InChI is InChI=1S/C13H20N2O3/c1-4-17-11(16)15-8-6-10-13(3)9(14-18-10)5-7-12(13,15)2/h10H,4-8H2,1-3H3/t10?,12-,13-/m1/s1. The number of hydrogen-bond acceptors (Lipinski definition) is 4. The van der Waals surface area contributed by atoms with Gasteiger partial charge in [-0.05, 0) is 33.6 Å². The smallest absolute Gasteiger partial charge is 0.410 e. The van der Waals surface area contributed by atoms with E-state index in [1.165, 1.54) is 0 Å². The van der Waals surface area contributed by atoms with Crippen LogP contribution in [0.25, 0.3) is 0 Å². The summed E-state index contributed by atoms with van der Waals surface area (Å²) in [7, 11) is 0. The van der Waals surface area contributed by atoms with E-state index in [1.54, 1.807) is 0 Å². The number of likely N-dealkylation sites (tertiary alicyclic amines) is 1. The second kappa shape index (κ2) is 3.62. The molecule has 0 radical (unpaired) electrons. The first kappa shape index (κ1) is 11.8. The first-order valence-electron chi connectivity index (χ1n) is 6.71. The van der Waals surface area contributed by atoms with Gasteiger partial charge in [-0.1, -0.05) is 5.16 Å². The lowest BCUT2D eigenvalue weighted by atomic mass is 9.66. The average molecular weight is 252 g/mol. The zero-order chi connectivity index (χ0) is 13.0. The Kier molecular flexibility index (Phi) is 2.37. The topological polar surface area (TPSA) is 51.1 Å². The van der Waals surface area contributed by atoms with Crippen molar-refractivity contribution in [3.8, 4) is 0 Å². The van der Waals surface area contributed by atoms with Gasteiger partial charge in [-0.25, -0.2) is 4.79 Å². The van der Waals surface area contributed by atoms with Gasteiger partial charge < -0.3 is 14.5 Å². The fourth-order valence-electron chi connectivity index (χ4n) is 3.84. The zero-order valence-corrected chi connectivity index (χ0v) is 11.2. The normalized spacial score (nSPS) is 41.2. The summed E-state index contributed by atoms with van der Waals surface area (Å²) in [4.78, 5) is 19.6. The molecule has 0 aromatic carbocycles. The summed E-state index contributed by atoms with van der Waals surface area (Å²) in [6, 6.07) is 0. The molecule has 3 atom stereocenters. The van der Waals surface area contributed by atoms with Crippen LogP contribution in [0, 0.1) is 5.41 Å². The van der Waals surface area contributed by atoms with E-state index in [4.69, 9.17) is 9.57 Å². The van der Waals surface area contributed by atoms with Gasteiger partial charge in [-0.2, -0.15) is 0 Å². The van der Waals surface area contributed by atoms with Gasteiger partial charge in [0.25, 0.3) is 0 Å². The molecule has 0 N–H and O–H groups in total. The molecule has 3 aliphatic rings. The molecule has 18 heavy (non-hydrogen) atoms. The van der Waals surface area contributed by atoms with E-state index >= 15 is 0 Å². The molecule has 1 unspecified atom stereocenters. The highest BCUT2D eigenvalue weighted by Gasteiger charge is 2.66. The number of oxime groups is 1. The molecule has 0 aromatic heterocycles. The highest BCUT2D eigenvalue weighted by molar-refractivity contribution is 5.96. The van der Waals surface area contributed by atoms with E-state index in [0.717, 1.165) is 25.0 Å². The molecule has 2 aliphatic heterocycles. The predicted octanol–water partition coefficient (Wildman–Crippen LogP) is 2.16. The van der Waals surface area contributed by atoms with E-state index in [1.807, 2.05) is 11.8 Å². The maximum absolute atomic E-state index is 12.1. The maximum Gasteiger partial charge on any atom is 0.410 e. The molecule has 5 heteroatoms. The predicted molar refractivity (Wildman–Crippen MR) is 66.4 cm³/mol. The lowest BCUT2D eigenvalue weighted by molar-refractivity contribution is -0.0881. The van der Waals surface area contributed by atoms with Crippen molar-refractivity contribution in [3.63, 3.8) is 0 Å². The third-order valence-corrected chi connectivity index (χ3v) is 5.20. The Labute approximate surface area is 107 Å². The van der Waals surface area contributed by atoms with Crippen LogP contribution in [-0.2, 0) is 9.57 Å². The molecule has 0 spiro atoms. The van der Waals surface area contributed by atoms with Crippen molar-refractivity contribution < 1.29 is 14.4 Å². The van der Waals surface area contributed by atoms with Gasteiger partial charge >= 0.3 is 6.09 Å². The number of nitrogens with zero attached hydrogens (tertiary/aromatic N) is 2. The third kappa shape index (κ3) is 1.17. The summed E-state index contributed by atoms with van der Waals surface area (Å²) in [5.41, 5.74) is 0.749. The summed E-state index contributed by atoms with van der Waals surface area (Å²) in [6.07, 6.45) is 2.61. The zero-order valence-electron chi connectivity index (χ0n) is 11.2. The third-order valence-electron chi connectivity index (χ3n) is 5.20. The second-order valence-electron chi connectivity index (χ2n) is 5.75. The van der Waals surface area contributed by atoms with Crippen molar-refractivity contribution in [2.24, 2.45) is 10.6 Å². The Bertz CT molecular complexity index is 422. The van der Waals surface area contributed by atoms with Crippen LogP contribution in [0.1, 0.15) is 40.0 Å². The summed E-state index contributed by atoms with van der Waals surface area (Å²) in [5.74, 6) is 0. The van der Waals surface area contributed by atoms with Gasteiger partial charge in [0.2, 0.25) is 0 Å². The monoisotopic (exact) mass is 252 g/mol. The lowest BCUT2D eigenvalue weighted by Crippen LogP contribution is -2.65. The Morgan fingerprint density at radius 3 is 3.11 bits per heavy atom. The van der Waals surface area contributed by atoms with E-state index in [2.05, 4.69) is 19.0 Å². The highest BCUT2D eigenvalue weighted by Crippen LogP contribution is 2.56. The number of hydrogen-bond donors (Lipinski definition) is 0.